The van der Waals surface area contributed by atoms with Crippen molar-refractivity contribution in [3.8, 4) is 5.75 Å². The summed E-state index contributed by atoms with van der Waals surface area (Å²) in [5.41, 5.74) is 2.92. The molecule has 0 spiro atoms. The first-order valence-electron chi connectivity index (χ1n) is 10.5. The number of rotatable bonds is 6. The van der Waals surface area contributed by atoms with Gasteiger partial charge in [-0.25, -0.2) is 18.2 Å². The van der Waals surface area contributed by atoms with Crippen molar-refractivity contribution in [1.82, 2.24) is 19.7 Å². The van der Waals surface area contributed by atoms with Crippen molar-refractivity contribution >= 4 is 22.6 Å². The molecule has 2 aromatic carbocycles. The van der Waals surface area contributed by atoms with Crippen molar-refractivity contribution in [2.45, 2.75) is 25.8 Å². The number of anilines is 1. The second kappa shape index (κ2) is 8.15. The molecule has 0 aliphatic carbocycles. The van der Waals surface area contributed by atoms with Crippen LogP contribution in [0.25, 0.3) is 11.0 Å². The molecule has 0 radical (unpaired) electrons. The van der Waals surface area contributed by atoms with Gasteiger partial charge in [0.25, 0.3) is 5.91 Å². The minimum Gasteiger partial charge on any atom is -0.490 e. The van der Waals surface area contributed by atoms with Gasteiger partial charge in [-0.1, -0.05) is 0 Å². The number of carbonyl (C=O) groups is 1. The van der Waals surface area contributed by atoms with Crippen molar-refractivity contribution in [3.05, 3.63) is 70.8 Å². The largest absolute Gasteiger partial charge is 0.490 e. The maximum absolute atomic E-state index is 15.4. The van der Waals surface area contributed by atoms with Gasteiger partial charge in [-0.15, -0.1) is 0 Å². The number of aromatic nitrogens is 4. The van der Waals surface area contributed by atoms with Crippen molar-refractivity contribution in [2.75, 3.05) is 11.5 Å². The molecule has 5 rings (SSSR count). The second-order valence-corrected chi connectivity index (χ2v) is 7.96. The lowest BCUT2D eigenvalue weighted by Gasteiger charge is -2.27. The fourth-order valence-electron chi connectivity index (χ4n) is 4.23. The van der Waals surface area contributed by atoms with Gasteiger partial charge in [-0.3, -0.25) is 14.4 Å². The number of fused-ring (bicyclic) bond motifs is 2. The predicted molar refractivity (Wildman–Crippen MR) is 115 cm³/mol. The molecular weight excluding hydrogens is 454 g/mol. The highest BCUT2D eigenvalue weighted by molar-refractivity contribution is 6.11. The van der Waals surface area contributed by atoms with E-state index in [0.29, 0.717) is 28.0 Å². The van der Waals surface area contributed by atoms with Crippen LogP contribution in [0, 0.1) is 18.6 Å². The molecule has 0 fully saturated rings. The van der Waals surface area contributed by atoms with Gasteiger partial charge in [0, 0.05) is 36.0 Å². The minimum absolute atomic E-state index is 0.105. The Bertz CT molecular complexity index is 1410. The van der Waals surface area contributed by atoms with Crippen LogP contribution in [0.15, 0.2) is 36.7 Å². The average molecular weight is 473 g/mol. The lowest BCUT2D eigenvalue weighted by atomic mass is 9.97. The van der Waals surface area contributed by atoms with E-state index >= 15 is 4.39 Å². The number of carbonyl (C=O) groups excluding carboxylic acids is 1. The van der Waals surface area contributed by atoms with Gasteiger partial charge in [0.2, 0.25) is 12.2 Å². The summed E-state index contributed by atoms with van der Waals surface area (Å²) in [5, 5.41) is 4.30. The highest BCUT2D eigenvalue weighted by atomic mass is 19.3. The van der Waals surface area contributed by atoms with E-state index in [0.717, 1.165) is 0 Å². The van der Waals surface area contributed by atoms with Crippen molar-refractivity contribution in [1.29, 1.82) is 0 Å². The molecule has 0 saturated heterocycles. The molecule has 1 amide bonds. The number of imidazole rings is 1. The SMILES string of the molecule is Cc1c2c(nn1C)C(=O)N(c1ccc3nc[nH]c3c1)C2c1ccc(OCCC(F)F)c(F)c1F. The van der Waals surface area contributed by atoms with Gasteiger partial charge in [0.1, 0.15) is 0 Å². The van der Waals surface area contributed by atoms with Crippen LogP contribution in [0.5, 0.6) is 5.75 Å². The number of hydrogen-bond donors (Lipinski definition) is 1. The number of H-pyrrole nitrogens is 1. The molecule has 1 unspecified atom stereocenters. The van der Waals surface area contributed by atoms with Gasteiger partial charge >= 0.3 is 0 Å². The van der Waals surface area contributed by atoms with Crippen LogP contribution >= 0.6 is 0 Å². The van der Waals surface area contributed by atoms with Gasteiger partial charge < -0.3 is 9.72 Å². The molecule has 176 valence electrons. The van der Waals surface area contributed by atoms with E-state index in [1.54, 1.807) is 32.2 Å². The molecule has 0 saturated carbocycles. The van der Waals surface area contributed by atoms with Gasteiger partial charge in [0.15, 0.2) is 17.3 Å². The number of aromatic amines is 1. The molecule has 1 aliphatic rings. The summed E-state index contributed by atoms with van der Waals surface area (Å²) in [5.74, 6) is -3.46. The smallest absolute Gasteiger partial charge is 0.280 e. The van der Waals surface area contributed by atoms with Crippen LogP contribution in [-0.2, 0) is 7.05 Å². The number of nitrogens with zero attached hydrogens (tertiary/aromatic N) is 4. The third kappa shape index (κ3) is 3.39. The summed E-state index contributed by atoms with van der Waals surface area (Å²) in [6.07, 6.45) is -1.72. The van der Waals surface area contributed by atoms with Crippen LogP contribution in [0.4, 0.5) is 23.2 Å². The maximum Gasteiger partial charge on any atom is 0.280 e. The highest BCUT2D eigenvalue weighted by Gasteiger charge is 2.44. The average Bonchev–Trinajstić information content (AvgIpc) is 3.46. The van der Waals surface area contributed by atoms with E-state index in [9.17, 15) is 18.0 Å². The molecule has 3 heterocycles. The number of benzene rings is 2. The fourth-order valence-corrected chi connectivity index (χ4v) is 4.23. The van der Waals surface area contributed by atoms with Crippen LogP contribution < -0.4 is 9.64 Å². The summed E-state index contributed by atoms with van der Waals surface area (Å²) in [7, 11) is 1.66. The fraction of sp³-hybridized carbons (Fsp3) is 0.261. The Morgan fingerprint density at radius 2 is 1.97 bits per heavy atom. The zero-order valence-corrected chi connectivity index (χ0v) is 18.2. The van der Waals surface area contributed by atoms with Crippen LogP contribution in [0.1, 0.15) is 39.8 Å². The molecule has 1 N–H and O–H groups in total. The summed E-state index contributed by atoms with van der Waals surface area (Å²) >= 11 is 0. The second-order valence-electron chi connectivity index (χ2n) is 7.96. The molecule has 34 heavy (non-hydrogen) atoms. The topological polar surface area (TPSA) is 76.0 Å². The quantitative estimate of drug-likeness (QED) is 0.413. The van der Waals surface area contributed by atoms with Gasteiger partial charge in [-0.2, -0.15) is 9.49 Å². The lowest BCUT2D eigenvalue weighted by Crippen LogP contribution is -2.30. The number of hydrogen-bond acceptors (Lipinski definition) is 4. The minimum atomic E-state index is -2.62. The van der Waals surface area contributed by atoms with Gasteiger partial charge in [-0.05, 0) is 37.3 Å². The molecule has 7 nitrogen and oxygen atoms in total. The Kier molecular flexibility index (Phi) is 5.26. The standard InChI is InChI=1S/C23H19F4N5O2/c1-11-18-21(30-31(11)2)23(33)32(12-3-5-14-15(9-12)29-10-28-14)22(18)13-4-6-16(20(27)19(13)26)34-8-7-17(24)25/h3-6,9-10,17,22H,7-8H2,1-2H3,(H,28,29). The van der Waals surface area contributed by atoms with Crippen molar-refractivity contribution < 1.29 is 27.1 Å². The Hall–Kier alpha value is -3.89. The van der Waals surface area contributed by atoms with E-state index in [4.69, 9.17) is 4.74 Å². The monoisotopic (exact) mass is 473 g/mol. The van der Waals surface area contributed by atoms with Crippen molar-refractivity contribution in [2.24, 2.45) is 7.05 Å². The molecular formula is C23H19F4N5O2. The Labute approximate surface area is 191 Å². The number of aryl methyl sites for hydroxylation is 1. The molecule has 0 bridgehead atoms. The van der Waals surface area contributed by atoms with E-state index < -0.39 is 48.8 Å². The maximum atomic E-state index is 15.4. The zero-order valence-electron chi connectivity index (χ0n) is 18.2. The van der Waals surface area contributed by atoms with Crippen LogP contribution in [-0.4, -0.2) is 38.7 Å². The molecule has 1 aliphatic heterocycles. The number of alkyl halides is 2. The normalized spacial score (nSPS) is 15.6. The Morgan fingerprint density at radius 3 is 2.74 bits per heavy atom. The van der Waals surface area contributed by atoms with Gasteiger partial charge in [0.05, 0.1) is 30.0 Å². The predicted octanol–water partition coefficient (Wildman–Crippen LogP) is 4.67. The third-order valence-corrected chi connectivity index (χ3v) is 5.98. The molecule has 11 heteroatoms. The third-order valence-electron chi connectivity index (χ3n) is 5.98. The van der Waals surface area contributed by atoms with E-state index in [2.05, 4.69) is 15.1 Å². The number of amides is 1. The molecule has 4 aromatic rings. The summed E-state index contributed by atoms with van der Waals surface area (Å²) in [6, 6.07) is 6.57. The van der Waals surface area contributed by atoms with E-state index in [1.165, 1.54) is 28.0 Å². The summed E-state index contributed by atoms with van der Waals surface area (Å²) in [4.78, 5) is 21.9. The van der Waals surface area contributed by atoms with Crippen LogP contribution in [0.2, 0.25) is 0 Å². The van der Waals surface area contributed by atoms with E-state index in [1.807, 2.05) is 0 Å². The number of ether oxygens (including phenoxy) is 1. The van der Waals surface area contributed by atoms with Crippen LogP contribution in [0.3, 0.4) is 0 Å². The zero-order chi connectivity index (χ0) is 24.1. The summed E-state index contributed by atoms with van der Waals surface area (Å²) < 4.78 is 61.6. The highest BCUT2D eigenvalue weighted by Crippen LogP contribution is 2.44. The Morgan fingerprint density at radius 1 is 1.18 bits per heavy atom. The lowest BCUT2D eigenvalue weighted by molar-refractivity contribution is 0.0987. The molecule has 1 atom stereocenters. The number of nitrogens with one attached hydrogen (secondary N) is 1. The Balaban J connectivity index is 1.62. The van der Waals surface area contributed by atoms with Crippen molar-refractivity contribution in [3.63, 3.8) is 0 Å². The summed E-state index contributed by atoms with van der Waals surface area (Å²) in [6.45, 7) is 1.28. The first-order chi connectivity index (χ1) is 16.3. The first kappa shape index (κ1) is 21.9. The molecule has 2 aromatic heterocycles. The first-order valence-corrected chi connectivity index (χ1v) is 10.5. The van der Waals surface area contributed by atoms with E-state index in [-0.39, 0.29) is 11.3 Å². The number of halogens is 4.